The van der Waals surface area contributed by atoms with Crippen LogP contribution >= 0.6 is 0 Å². The van der Waals surface area contributed by atoms with Gasteiger partial charge in [-0.15, -0.1) is 13.7 Å². The van der Waals surface area contributed by atoms with E-state index in [1.165, 1.54) is 4.94 Å². The second-order valence-corrected chi connectivity index (χ2v) is 3.23. The van der Waals surface area contributed by atoms with E-state index in [9.17, 15) is 44.4 Å². The Labute approximate surface area is 115 Å². The molecule has 130 valence electrons. The maximum Gasteiger partial charge on any atom is 0.495 e. The number of hydrogen-bond acceptors (Lipinski definition) is 5. The van der Waals surface area contributed by atoms with Crippen molar-refractivity contribution in [3.05, 3.63) is 12.7 Å². The van der Waals surface area contributed by atoms with Crippen LogP contribution in [0.25, 0.3) is 0 Å². The Balaban J connectivity index is 4.88. The summed E-state index contributed by atoms with van der Waals surface area (Å²) >= 11 is 0. The first-order chi connectivity index (χ1) is 9.68. The average Bonchev–Trinajstić information content (AvgIpc) is 2.32. The lowest BCUT2D eigenvalue weighted by molar-refractivity contribution is -0.567. The molecule has 0 saturated carbocycles. The van der Waals surface area contributed by atoms with E-state index in [4.69, 9.17) is 0 Å². The third-order valence-corrected chi connectivity index (χ3v) is 1.50. The highest BCUT2D eigenvalue weighted by Gasteiger charge is 2.67. The summed E-state index contributed by atoms with van der Waals surface area (Å²) in [6.45, 7) is 0.546. The van der Waals surface area contributed by atoms with Crippen molar-refractivity contribution < 1.29 is 63.6 Å². The number of carbonyl (C=O) groups is 1. The van der Waals surface area contributed by atoms with E-state index in [-0.39, 0.29) is 0 Å². The van der Waals surface area contributed by atoms with Crippen molar-refractivity contribution in [3.8, 4) is 0 Å². The molecule has 0 rings (SSSR count). The molecule has 0 radical (unpaired) electrons. The molecule has 0 aliphatic rings. The molecule has 5 nitrogen and oxygen atoms in total. The zero-order valence-corrected chi connectivity index (χ0v) is 9.93. The van der Waals surface area contributed by atoms with Crippen LogP contribution < -0.4 is 0 Å². The van der Waals surface area contributed by atoms with Crippen molar-refractivity contribution in [2.45, 2.75) is 24.6 Å². The fourth-order valence-corrected chi connectivity index (χ4v) is 0.692. The van der Waals surface area contributed by atoms with Crippen molar-refractivity contribution in [2.24, 2.45) is 0 Å². The van der Waals surface area contributed by atoms with Crippen LogP contribution in [0.1, 0.15) is 0 Å². The maximum absolute atomic E-state index is 12.7. The molecule has 0 aliphatic carbocycles. The smallest absolute Gasteiger partial charge is 0.453 e. The van der Waals surface area contributed by atoms with Crippen molar-refractivity contribution in [1.29, 1.82) is 0 Å². The van der Waals surface area contributed by atoms with Gasteiger partial charge in [0.25, 0.3) is 0 Å². The SMILES string of the molecule is C=CC(=O)OCC(F)(F)OC(F)(F)OC(F)(F)C(F)(F)OF. The summed E-state index contributed by atoms with van der Waals surface area (Å²) in [5.41, 5.74) is 0. The Bertz CT molecular complexity index is 411. The summed E-state index contributed by atoms with van der Waals surface area (Å²) < 4.78 is 119. The van der Waals surface area contributed by atoms with Crippen LogP contribution in [0.2, 0.25) is 0 Å². The van der Waals surface area contributed by atoms with E-state index in [0.717, 1.165) is 0 Å². The fraction of sp³-hybridized carbons (Fsp3) is 0.625. The van der Waals surface area contributed by atoms with E-state index in [2.05, 4.69) is 16.1 Å². The number of hydrogen-bond donors (Lipinski definition) is 0. The molecule has 0 heterocycles. The number of halogens is 9. The predicted molar refractivity (Wildman–Crippen MR) is 45.3 cm³/mol. The van der Waals surface area contributed by atoms with E-state index < -0.39 is 37.2 Å². The highest BCUT2D eigenvalue weighted by atomic mass is 19.4. The molecular weight excluding hydrogens is 347 g/mol. The monoisotopic (exact) mass is 352 g/mol. The molecule has 0 amide bonds. The van der Waals surface area contributed by atoms with Gasteiger partial charge in [0.1, 0.15) is 0 Å². The molecule has 22 heavy (non-hydrogen) atoms. The van der Waals surface area contributed by atoms with Crippen LogP contribution in [-0.4, -0.2) is 37.2 Å². The summed E-state index contributed by atoms with van der Waals surface area (Å²) in [4.78, 5) is 11.8. The number of esters is 1. The van der Waals surface area contributed by atoms with Gasteiger partial charge in [0.2, 0.25) is 0 Å². The lowest BCUT2D eigenvalue weighted by Gasteiger charge is -2.28. The molecule has 0 bridgehead atoms. The minimum atomic E-state index is -6.38. The van der Waals surface area contributed by atoms with E-state index in [0.29, 0.717) is 6.08 Å². The number of alkyl halides is 8. The summed E-state index contributed by atoms with van der Waals surface area (Å²) in [5.74, 6) is -1.52. The van der Waals surface area contributed by atoms with Gasteiger partial charge in [-0.05, 0) is 4.53 Å². The van der Waals surface area contributed by atoms with Gasteiger partial charge in [-0.1, -0.05) is 6.58 Å². The van der Waals surface area contributed by atoms with Crippen LogP contribution in [0.5, 0.6) is 0 Å². The van der Waals surface area contributed by atoms with Gasteiger partial charge < -0.3 is 4.74 Å². The summed E-state index contributed by atoms with van der Waals surface area (Å²) in [5, 5.41) is 0. The minimum absolute atomic E-state index is 0.345. The van der Waals surface area contributed by atoms with Crippen LogP contribution in [-0.2, 0) is 23.9 Å². The van der Waals surface area contributed by atoms with Crippen molar-refractivity contribution in [3.63, 3.8) is 0 Å². The first kappa shape index (κ1) is 20.5. The van der Waals surface area contributed by atoms with E-state index in [1.807, 2.05) is 4.74 Å². The zero-order valence-electron chi connectivity index (χ0n) is 9.93. The van der Waals surface area contributed by atoms with Crippen LogP contribution in [0.4, 0.5) is 39.6 Å². The predicted octanol–water partition coefficient (Wildman–Crippen LogP) is 2.98. The van der Waals surface area contributed by atoms with E-state index in [1.54, 1.807) is 0 Å². The average molecular weight is 352 g/mol. The molecule has 0 aliphatic heterocycles. The van der Waals surface area contributed by atoms with Gasteiger partial charge in [0.15, 0.2) is 6.61 Å². The second kappa shape index (κ2) is 6.70. The van der Waals surface area contributed by atoms with Gasteiger partial charge in [-0.2, -0.15) is 26.3 Å². The number of carbonyl (C=O) groups excluding carboxylic acids is 1. The van der Waals surface area contributed by atoms with Gasteiger partial charge in [-0.25, -0.2) is 14.3 Å². The molecular formula is C8H5F9O5. The number of ether oxygens (including phenoxy) is 3. The summed E-state index contributed by atoms with van der Waals surface area (Å²) in [6.07, 6.45) is -23.4. The van der Waals surface area contributed by atoms with Crippen LogP contribution in [0.3, 0.4) is 0 Å². The quantitative estimate of drug-likeness (QED) is 0.276. The first-order valence-electron chi connectivity index (χ1n) is 4.68. The fourth-order valence-electron chi connectivity index (χ4n) is 0.692. The van der Waals surface area contributed by atoms with Crippen LogP contribution in [0.15, 0.2) is 12.7 Å². The van der Waals surface area contributed by atoms with Gasteiger partial charge in [0, 0.05) is 6.08 Å². The molecule has 0 aromatic carbocycles. The summed E-state index contributed by atoms with van der Waals surface area (Å²) in [6, 6.07) is 0. The Morgan fingerprint density at radius 1 is 0.955 bits per heavy atom. The molecule has 0 N–H and O–H groups in total. The number of rotatable bonds is 9. The third-order valence-electron chi connectivity index (χ3n) is 1.50. The minimum Gasteiger partial charge on any atom is -0.453 e. The van der Waals surface area contributed by atoms with Gasteiger partial charge in [0.05, 0.1) is 0 Å². The molecule has 0 saturated heterocycles. The lowest BCUT2D eigenvalue weighted by atomic mass is 10.6. The Hall–Kier alpha value is -1.54. The molecule has 0 spiro atoms. The van der Waals surface area contributed by atoms with Gasteiger partial charge in [-0.3, -0.25) is 0 Å². The first-order valence-corrected chi connectivity index (χ1v) is 4.68. The topological polar surface area (TPSA) is 54.0 Å². The molecule has 0 unspecified atom stereocenters. The van der Waals surface area contributed by atoms with Crippen molar-refractivity contribution in [2.75, 3.05) is 6.61 Å². The lowest BCUT2D eigenvalue weighted by Crippen LogP contribution is -2.50. The normalized spacial score (nSPS) is 13.9. The van der Waals surface area contributed by atoms with Gasteiger partial charge >= 0.3 is 30.6 Å². The Kier molecular flexibility index (Phi) is 6.23. The molecule has 0 atom stereocenters. The Morgan fingerprint density at radius 2 is 1.45 bits per heavy atom. The molecule has 14 heteroatoms. The standard InChI is InChI=1S/C8H5F9O5/c1-2-4(18)19-3-5(9,10)20-8(15,16)21-6(11,12)7(13,14)22-17/h2H,1,3H2. The largest absolute Gasteiger partial charge is 0.495 e. The molecule has 0 aromatic rings. The highest BCUT2D eigenvalue weighted by molar-refractivity contribution is 5.81. The third kappa shape index (κ3) is 6.07. The maximum atomic E-state index is 12.7. The van der Waals surface area contributed by atoms with Crippen molar-refractivity contribution in [1.82, 2.24) is 0 Å². The zero-order chi connectivity index (χ0) is 17.8. The van der Waals surface area contributed by atoms with Crippen molar-refractivity contribution >= 4 is 5.97 Å². The molecule has 0 fully saturated rings. The highest BCUT2D eigenvalue weighted by Crippen LogP contribution is 2.42. The van der Waals surface area contributed by atoms with E-state index >= 15 is 0 Å². The van der Waals surface area contributed by atoms with Crippen LogP contribution in [0, 0.1) is 0 Å². The second-order valence-electron chi connectivity index (χ2n) is 3.23. The summed E-state index contributed by atoms with van der Waals surface area (Å²) in [7, 11) is 0. The Morgan fingerprint density at radius 3 is 1.86 bits per heavy atom. The molecule has 0 aromatic heterocycles.